The molecular formula is C14H18O6. The number of hydrogen-bond donors (Lipinski definition) is 4. The van der Waals surface area contributed by atoms with Crippen LogP contribution in [0.4, 0.5) is 0 Å². The molecule has 0 heterocycles. The van der Waals surface area contributed by atoms with Crippen molar-refractivity contribution in [3.05, 3.63) is 29.8 Å². The van der Waals surface area contributed by atoms with E-state index in [2.05, 4.69) is 0 Å². The standard InChI is InChI=1S/C14H18O6/c1-8(2)11(12(16)17)14(20,13(18)19)7-9-3-5-10(15)6-4-9/h3-6,8,11,15,20H,7H2,1-2H3,(H,16,17)(H,18,19). The molecule has 6 heteroatoms. The quantitative estimate of drug-likeness (QED) is 0.621. The van der Waals surface area contributed by atoms with Crippen LogP contribution in [0.3, 0.4) is 0 Å². The first-order valence-electron chi connectivity index (χ1n) is 6.15. The number of carboxylic acids is 2. The van der Waals surface area contributed by atoms with Crippen LogP contribution in [0, 0.1) is 11.8 Å². The molecule has 0 spiro atoms. The molecule has 0 saturated carbocycles. The summed E-state index contributed by atoms with van der Waals surface area (Å²) in [6.45, 7) is 3.09. The zero-order valence-electron chi connectivity index (χ0n) is 11.3. The fraction of sp³-hybridized carbons (Fsp3) is 0.429. The number of phenols is 1. The lowest BCUT2D eigenvalue weighted by atomic mass is 9.76. The Labute approximate surface area is 116 Å². The number of aromatic hydroxyl groups is 1. The molecule has 2 unspecified atom stereocenters. The summed E-state index contributed by atoms with van der Waals surface area (Å²) in [5.74, 6) is -4.92. The third-order valence-corrected chi connectivity index (χ3v) is 3.23. The van der Waals surface area contributed by atoms with Crippen molar-refractivity contribution in [2.45, 2.75) is 25.9 Å². The maximum atomic E-state index is 11.4. The molecule has 0 fully saturated rings. The van der Waals surface area contributed by atoms with Crippen molar-refractivity contribution in [1.82, 2.24) is 0 Å². The second kappa shape index (κ2) is 5.92. The second-order valence-electron chi connectivity index (χ2n) is 5.13. The van der Waals surface area contributed by atoms with Crippen molar-refractivity contribution in [3.63, 3.8) is 0 Å². The Morgan fingerprint density at radius 2 is 1.65 bits per heavy atom. The lowest BCUT2D eigenvalue weighted by Crippen LogP contribution is -2.53. The van der Waals surface area contributed by atoms with E-state index in [4.69, 9.17) is 0 Å². The van der Waals surface area contributed by atoms with Gasteiger partial charge >= 0.3 is 11.9 Å². The minimum Gasteiger partial charge on any atom is -0.508 e. The Kier molecular flexibility index (Phi) is 4.73. The smallest absolute Gasteiger partial charge is 0.336 e. The van der Waals surface area contributed by atoms with Crippen molar-refractivity contribution < 1.29 is 30.0 Å². The molecule has 0 aliphatic carbocycles. The first-order chi connectivity index (χ1) is 9.18. The van der Waals surface area contributed by atoms with E-state index in [-0.39, 0.29) is 12.2 Å². The van der Waals surface area contributed by atoms with Crippen LogP contribution < -0.4 is 0 Å². The lowest BCUT2D eigenvalue weighted by molar-refractivity contribution is -0.177. The van der Waals surface area contributed by atoms with E-state index < -0.39 is 29.4 Å². The van der Waals surface area contributed by atoms with Gasteiger partial charge in [-0.15, -0.1) is 0 Å². The highest BCUT2D eigenvalue weighted by atomic mass is 16.4. The first-order valence-corrected chi connectivity index (χ1v) is 6.15. The number of aliphatic hydroxyl groups is 1. The summed E-state index contributed by atoms with van der Waals surface area (Å²) in [7, 11) is 0. The monoisotopic (exact) mass is 282 g/mol. The second-order valence-corrected chi connectivity index (χ2v) is 5.13. The molecule has 0 saturated heterocycles. The minimum atomic E-state index is -2.41. The fourth-order valence-electron chi connectivity index (χ4n) is 2.28. The van der Waals surface area contributed by atoms with E-state index in [1.807, 2.05) is 0 Å². The number of rotatable bonds is 6. The van der Waals surface area contributed by atoms with Gasteiger partial charge in [0.15, 0.2) is 5.60 Å². The van der Waals surface area contributed by atoms with Crippen LogP contribution in [-0.4, -0.2) is 38.0 Å². The van der Waals surface area contributed by atoms with Crippen molar-refractivity contribution in [1.29, 1.82) is 0 Å². The highest BCUT2D eigenvalue weighted by Crippen LogP contribution is 2.30. The van der Waals surface area contributed by atoms with Gasteiger partial charge in [0.25, 0.3) is 0 Å². The van der Waals surface area contributed by atoms with Crippen LogP contribution >= 0.6 is 0 Å². The van der Waals surface area contributed by atoms with E-state index >= 15 is 0 Å². The molecule has 0 aliphatic heterocycles. The molecule has 4 N–H and O–H groups in total. The van der Waals surface area contributed by atoms with E-state index in [9.17, 15) is 30.0 Å². The molecular weight excluding hydrogens is 264 g/mol. The number of benzene rings is 1. The first kappa shape index (κ1) is 16.0. The van der Waals surface area contributed by atoms with Crippen LogP contribution in [0.2, 0.25) is 0 Å². The molecule has 1 rings (SSSR count). The Morgan fingerprint density at radius 3 is 2.00 bits per heavy atom. The van der Waals surface area contributed by atoms with Crippen LogP contribution in [0.15, 0.2) is 24.3 Å². The fourth-order valence-corrected chi connectivity index (χ4v) is 2.28. The Morgan fingerprint density at radius 1 is 1.15 bits per heavy atom. The van der Waals surface area contributed by atoms with Gasteiger partial charge in [0.1, 0.15) is 5.75 Å². The van der Waals surface area contributed by atoms with Crippen LogP contribution in [0.25, 0.3) is 0 Å². The van der Waals surface area contributed by atoms with Crippen molar-refractivity contribution >= 4 is 11.9 Å². The van der Waals surface area contributed by atoms with Gasteiger partial charge < -0.3 is 20.4 Å². The molecule has 2 atom stereocenters. The summed E-state index contributed by atoms with van der Waals surface area (Å²) in [5, 5.41) is 38.0. The van der Waals surface area contributed by atoms with E-state index in [1.54, 1.807) is 13.8 Å². The highest BCUT2D eigenvalue weighted by Gasteiger charge is 2.49. The largest absolute Gasteiger partial charge is 0.508 e. The number of phenolic OH excluding ortho intramolecular Hbond substituents is 1. The van der Waals surface area contributed by atoms with Crippen LogP contribution in [0.1, 0.15) is 19.4 Å². The van der Waals surface area contributed by atoms with Crippen molar-refractivity contribution in [3.8, 4) is 5.75 Å². The average Bonchev–Trinajstić information content (AvgIpc) is 2.30. The van der Waals surface area contributed by atoms with Gasteiger partial charge in [0, 0.05) is 6.42 Å². The lowest BCUT2D eigenvalue weighted by Gasteiger charge is -2.32. The molecule has 1 aromatic carbocycles. The van der Waals surface area contributed by atoms with Gasteiger partial charge in [-0.25, -0.2) is 4.79 Å². The molecule has 1 aromatic rings. The van der Waals surface area contributed by atoms with Gasteiger partial charge in [-0.3, -0.25) is 4.79 Å². The maximum Gasteiger partial charge on any atom is 0.336 e. The van der Waals surface area contributed by atoms with Crippen LogP contribution in [0.5, 0.6) is 5.75 Å². The summed E-state index contributed by atoms with van der Waals surface area (Å²) >= 11 is 0. The summed E-state index contributed by atoms with van der Waals surface area (Å²) in [6.07, 6.45) is -0.349. The van der Waals surface area contributed by atoms with Crippen molar-refractivity contribution in [2.75, 3.05) is 0 Å². The Hall–Kier alpha value is -2.08. The summed E-state index contributed by atoms with van der Waals surface area (Å²) < 4.78 is 0. The van der Waals surface area contributed by atoms with Gasteiger partial charge in [-0.05, 0) is 23.6 Å². The molecule has 0 aromatic heterocycles. The highest BCUT2D eigenvalue weighted by molar-refractivity contribution is 5.86. The van der Waals surface area contributed by atoms with Gasteiger partial charge in [0.05, 0.1) is 5.92 Å². The van der Waals surface area contributed by atoms with Crippen LogP contribution in [-0.2, 0) is 16.0 Å². The normalized spacial score (nSPS) is 15.6. The molecule has 6 nitrogen and oxygen atoms in total. The number of hydrogen-bond acceptors (Lipinski definition) is 4. The third kappa shape index (κ3) is 3.27. The van der Waals surface area contributed by atoms with Crippen molar-refractivity contribution in [2.24, 2.45) is 11.8 Å². The van der Waals surface area contributed by atoms with Gasteiger partial charge in [-0.1, -0.05) is 26.0 Å². The zero-order chi connectivity index (χ0) is 15.5. The molecule has 0 amide bonds. The van der Waals surface area contributed by atoms with E-state index in [0.717, 1.165) is 0 Å². The SMILES string of the molecule is CC(C)C(C(=O)O)C(O)(Cc1ccc(O)cc1)C(=O)O. The molecule has 110 valence electrons. The number of carboxylic acid groups (broad SMARTS) is 2. The maximum absolute atomic E-state index is 11.4. The minimum absolute atomic E-state index is 0.00580. The van der Waals surface area contributed by atoms with E-state index in [1.165, 1.54) is 24.3 Å². The Balaban J connectivity index is 3.17. The molecule has 20 heavy (non-hydrogen) atoms. The molecule has 0 aliphatic rings. The average molecular weight is 282 g/mol. The summed E-state index contributed by atoms with van der Waals surface area (Å²) in [5.41, 5.74) is -1.98. The Bertz CT molecular complexity index is 493. The zero-order valence-corrected chi connectivity index (χ0v) is 11.3. The predicted octanol–water partition coefficient (Wildman–Crippen LogP) is 1.11. The summed E-state index contributed by atoms with van der Waals surface area (Å²) in [4.78, 5) is 22.7. The summed E-state index contributed by atoms with van der Waals surface area (Å²) in [6, 6.07) is 5.59. The van der Waals surface area contributed by atoms with Gasteiger partial charge in [0.2, 0.25) is 0 Å². The number of carbonyl (C=O) groups is 2. The van der Waals surface area contributed by atoms with Gasteiger partial charge in [-0.2, -0.15) is 0 Å². The third-order valence-electron chi connectivity index (χ3n) is 3.23. The topological polar surface area (TPSA) is 115 Å². The predicted molar refractivity (Wildman–Crippen MR) is 70.4 cm³/mol. The molecule has 0 bridgehead atoms. The number of aliphatic carboxylic acids is 2. The molecule has 0 radical (unpaired) electrons. The van der Waals surface area contributed by atoms with E-state index in [0.29, 0.717) is 5.56 Å².